The molecular formula is C17H26N2O2. The maximum atomic E-state index is 12.5. The van der Waals surface area contributed by atoms with Crippen LogP contribution in [0, 0.1) is 5.92 Å². The molecule has 116 valence electrons. The lowest BCUT2D eigenvalue weighted by atomic mass is 9.92. The number of carbonyl (C=O) groups excluding carboxylic acids is 1. The van der Waals surface area contributed by atoms with Crippen molar-refractivity contribution in [3.63, 3.8) is 0 Å². The van der Waals surface area contributed by atoms with Gasteiger partial charge in [-0.1, -0.05) is 19.8 Å². The lowest BCUT2D eigenvalue weighted by Gasteiger charge is -2.32. The van der Waals surface area contributed by atoms with Gasteiger partial charge in [0.2, 0.25) is 0 Å². The zero-order chi connectivity index (χ0) is 15.2. The van der Waals surface area contributed by atoms with Gasteiger partial charge in [-0.2, -0.15) is 0 Å². The van der Waals surface area contributed by atoms with E-state index in [1.165, 1.54) is 12.8 Å². The van der Waals surface area contributed by atoms with Crippen LogP contribution in [0.3, 0.4) is 0 Å². The van der Waals surface area contributed by atoms with E-state index in [2.05, 4.69) is 6.92 Å². The van der Waals surface area contributed by atoms with E-state index < -0.39 is 0 Å². The number of benzene rings is 1. The molecule has 1 amide bonds. The maximum absolute atomic E-state index is 12.5. The maximum Gasteiger partial charge on any atom is 0.253 e. The average molecular weight is 290 g/mol. The lowest BCUT2D eigenvalue weighted by molar-refractivity contribution is 0.0686. The minimum absolute atomic E-state index is 0.0831. The summed E-state index contributed by atoms with van der Waals surface area (Å²) < 4.78 is 5.41. The molecule has 0 aliphatic carbocycles. The van der Waals surface area contributed by atoms with Gasteiger partial charge < -0.3 is 15.4 Å². The van der Waals surface area contributed by atoms with Crippen LogP contribution in [-0.2, 0) is 0 Å². The van der Waals surface area contributed by atoms with Crippen LogP contribution < -0.4 is 10.5 Å². The Morgan fingerprint density at radius 1 is 1.33 bits per heavy atom. The van der Waals surface area contributed by atoms with Crippen LogP contribution in [0.1, 0.15) is 49.9 Å². The number of ether oxygens (including phenoxy) is 1. The number of hydrogen-bond donors (Lipinski definition) is 1. The van der Waals surface area contributed by atoms with E-state index in [1.807, 2.05) is 17.9 Å². The van der Waals surface area contributed by atoms with Crippen molar-refractivity contribution in [3.8, 4) is 5.75 Å². The van der Waals surface area contributed by atoms with E-state index in [4.69, 9.17) is 10.5 Å². The van der Waals surface area contributed by atoms with Gasteiger partial charge in [0.15, 0.2) is 0 Å². The van der Waals surface area contributed by atoms with Gasteiger partial charge in [-0.15, -0.1) is 0 Å². The summed E-state index contributed by atoms with van der Waals surface area (Å²) in [5.41, 5.74) is 7.13. The average Bonchev–Trinajstić information content (AvgIpc) is 2.50. The van der Waals surface area contributed by atoms with Gasteiger partial charge in [0.25, 0.3) is 5.91 Å². The Kier molecular flexibility index (Phi) is 5.48. The highest BCUT2D eigenvalue weighted by Crippen LogP contribution is 2.26. The molecule has 1 aliphatic heterocycles. The number of rotatable bonds is 5. The second-order valence-corrected chi connectivity index (χ2v) is 5.71. The Morgan fingerprint density at radius 2 is 2.05 bits per heavy atom. The highest BCUT2D eigenvalue weighted by atomic mass is 16.5. The van der Waals surface area contributed by atoms with Gasteiger partial charge in [-0.3, -0.25) is 4.79 Å². The first-order chi connectivity index (χ1) is 10.2. The first kappa shape index (κ1) is 15.7. The number of carbonyl (C=O) groups is 1. The van der Waals surface area contributed by atoms with E-state index in [-0.39, 0.29) is 5.91 Å². The van der Waals surface area contributed by atoms with Crippen molar-refractivity contribution in [2.75, 3.05) is 25.4 Å². The quantitative estimate of drug-likeness (QED) is 0.846. The van der Waals surface area contributed by atoms with E-state index in [0.717, 1.165) is 31.8 Å². The van der Waals surface area contributed by atoms with Gasteiger partial charge in [0.1, 0.15) is 5.75 Å². The molecule has 1 aromatic rings. The Bertz CT molecular complexity index is 480. The molecule has 0 aromatic heterocycles. The molecule has 21 heavy (non-hydrogen) atoms. The summed E-state index contributed by atoms with van der Waals surface area (Å²) >= 11 is 0. The van der Waals surface area contributed by atoms with Crippen molar-refractivity contribution < 1.29 is 9.53 Å². The molecule has 1 aromatic carbocycles. The van der Waals surface area contributed by atoms with Gasteiger partial charge in [0, 0.05) is 18.7 Å². The molecule has 2 rings (SSSR count). The van der Waals surface area contributed by atoms with Crippen molar-refractivity contribution in [1.29, 1.82) is 0 Å². The molecule has 0 radical (unpaired) electrons. The number of anilines is 1. The second kappa shape index (κ2) is 7.34. The molecule has 1 heterocycles. The molecule has 0 atom stereocenters. The molecule has 0 bridgehead atoms. The topological polar surface area (TPSA) is 55.6 Å². The molecular weight excluding hydrogens is 264 g/mol. The summed E-state index contributed by atoms with van der Waals surface area (Å²) in [6, 6.07) is 5.32. The largest absolute Gasteiger partial charge is 0.492 e. The van der Waals surface area contributed by atoms with E-state index >= 15 is 0 Å². The normalized spacial score (nSPS) is 16.0. The lowest BCUT2D eigenvalue weighted by Crippen LogP contribution is -2.38. The van der Waals surface area contributed by atoms with Gasteiger partial charge >= 0.3 is 0 Å². The van der Waals surface area contributed by atoms with Crippen molar-refractivity contribution in [1.82, 2.24) is 4.90 Å². The third-order valence-corrected chi connectivity index (χ3v) is 4.16. The third kappa shape index (κ3) is 3.90. The Balaban J connectivity index is 1.99. The molecule has 0 spiro atoms. The number of piperidine rings is 1. The summed E-state index contributed by atoms with van der Waals surface area (Å²) in [6.45, 7) is 6.43. The highest BCUT2D eigenvalue weighted by molar-refractivity contribution is 5.95. The first-order valence-corrected chi connectivity index (χ1v) is 7.97. The van der Waals surface area contributed by atoms with Crippen molar-refractivity contribution in [2.24, 2.45) is 5.92 Å². The number of likely N-dealkylation sites (tertiary alicyclic amines) is 1. The molecule has 0 saturated carbocycles. The molecule has 0 unspecified atom stereocenters. The van der Waals surface area contributed by atoms with E-state index in [9.17, 15) is 4.79 Å². The van der Waals surface area contributed by atoms with Crippen molar-refractivity contribution >= 4 is 11.6 Å². The van der Waals surface area contributed by atoms with Crippen LogP contribution in [0.2, 0.25) is 0 Å². The van der Waals surface area contributed by atoms with E-state index in [1.54, 1.807) is 12.1 Å². The van der Waals surface area contributed by atoms with Crippen LogP contribution in [0.5, 0.6) is 5.75 Å². The molecule has 2 N–H and O–H groups in total. The molecule has 4 nitrogen and oxygen atoms in total. The number of amides is 1. The van der Waals surface area contributed by atoms with Gasteiger partial charge in [0.05, 0.1) is 12.3 Å². The fourth-order valence-corrected chi connectivity index (χ4v) is 2.98. The number of nitrogen functional groups attached to an aromatic ring is 1. The minimum atomic E-state index is 0.0831. The van der Waals surface area contributed by atoms with Crippen molar-refractivity contribution in [3.05, 3.63) is 23.8 Å². The smallest absolute Gasteiger partial charge is 0.253 e. The summed E-state index contributed by atoms with van der Waals surface area (Å²) in [7, 11) is 0. The fraction of sp³-hybridized carbons (Fsp3) is 0.588. The number of hydrogen-bond acceptors (Lipinski definition) is 3. The summed E-state index contributed by atoms with van der Waals surface area (Å²) in [4.78, 5) is 14.5. The number of nitrogens with zero attached hydrogens (tertiary/aromatic N) is 1. The monoisotopic (exact) mass is 290 g/mol. The van der Waals surface area contributed by atoms with Crippen LogP contribution in [0.4, 0.5) is 5.69 Å². The van der Waals surface area contributed by atoms with Gasteiger partial charge in [-0.25, -0.2) is 0 Å². The third-order valence-electron chi connectivity index (χ3n) is 4.16. The van der Waals surface area contributed by atoms with Crippen molar-refractivity contribution in [2.45, 2.75) is 39.5 Å². The molecule has 4 heteroatoms. The Labute approximate surface area is 127 Å². The Hall–Kier alpha value is -1.71. The summed E-state index contributed by atoms with van der Waals surface area (Å²) in [6.07, 6.45) is 4.74. The molecule has 1 saturated heterocycles. The summed E-state index contributed by atoms with van der Waals surface area (Å²) in [5.74, 6) is 1.51. The SMILES string of the molecule is CCCC1CCN(C(=O)c2ccc(OCC)c(N)c2)CC1. The highest BCUT2D eigenvalue weighted by Gasteiger charge is 2.23. The predicted molar refractivity (Wildman–Crippen MR) is 85.6 cm³/mol. The summed E-state index contributed by atoms with van der Waals surface area (Å²) in [5, 5.41) is 0. The first-order valence-electron chi connectivity index (χ1n) is 7.97. The van der Waals surface area contributed by atoms with E-state index in [0.29, 0.717) is 23.6 Å². The minimum Gasteiger partial charge on any atom is -0.492 e. The fourth-order valence-electron chi connectivity index (χ4n) is 2.98. The van der Waals surface area contributed by atoms with Crippen LogP contribution in [0.15, 0.2) is 18.2 Å². The molecule has 1 fully saturated rings. The predicted octanol–water partition coefficient (Wildman–Crippen LogP) is 3.32. The molecule has 1 aliphatic rings. The number of nitrogens with two attached hydrogens (primary N) is 1. The van der Waals surface area contributed by atoms with Gasteiger partial charge in [-0.05, 0) is 43.9 Å². The van der Waals surface area contributed by atoms with Crippen LogP contribution >= 0.6 is 0 Å². The standard InChI is InChI=1S/C17H26N2O2/c1-3-5-13-8-10-19(11-9-13)17(20)14-6-7-16(21-4-2)15(18)12-14/h6-7,12-13H,3-5,8-11,18H2,1-2H3. The van der Waals surface area contributed by atoms with Crippen LogP contribution in [-0.4, -0.2) is 30.5 Å². The zero-order valence-corrected chi connectivity index (χ0v) is 13.1. The Morgan fingerprint density at radius 3 is 2.62 bits per heavy atom. The zero-order valence-electron chi connectivity index (χ0n) is 13.1. The van der Waals surface area contributed by atoms with Crippen LogP contribution in [0.25, 0.3) is 0 Å². The second-order valence-electron chi connectivity index (χ2n) is 5.71.